The van der Waals surface area contributed by atoms with Gasteiger partial charge in [0.05, 0.1) is 5.52 Å². The highest BCUT2D eigenvalue weighted by Gasteiger charge is 2.13. The van der Waals surface area contributed by atoms with E-state index in [1.165, 1.54) is 12.1 Å². The molecule has 0 radical (unpaired) electrons. The zero-order chi connectivity index (χ0) is 13.2. The van der Waals surface area contributed by atoms with Crippen LogP contribution in [0.2, 0.25) is 0 Å². The van der Waals surface area contributed by atoms with Gasteiger partial charge in [0.2, 0.25) is 0 Å². The molecule has 3 rings (SSSR count). The lowest BCUT2D eigenvalue weighted by molar-refractivity contribution is 0.360. The minimum absolute atomic E-state index is 0.229. The lowest BCUT2D eigenvalue weighted by atomic mass is 10.2. The second-order valence-electron chi connectivity index (χ2n) is 5.15. The summed E-state index contributed by atoms with van der Waals surface area (Å²) in [4.78, 5) is 9.21. The van der Waals surface area contributed by atoms with Crippen molar-refractivity contribution < 1.29 is 4.39 Å². The summed E-state index contributed by atoms with van der Waals surface area (Å²) in [6.45, 7) is 4.16. The lowest BCUT2D eigenvalue weighted by Crippen LogP contribution is -2.29. The maximum Gasteiger partial charge on any atom is 0.129 e. The number of anilines is 1. The number of rotatable bonds is 1. The molecule has 1 aromatic carbocycles. The van der Waals surface area contributed by atoms with Crippen LogP contribution in [0, 0.1) is 5.82 Å². The van der Waals surface area contributed by atoms with E-state index in [0.717, 1.165) is 49.3 Å². The Morgan fingerprint density at radius 3 is 2.79 bits per heavy atom. The third kappa shape index (κ3) is 2.68. The van der Waals surface area contributed by atoms with Gasteiger partial charge >= 0.3 is 0 Å². The van der Waals surface area contributed by atoms with Gasteiger partial charge in [-0.3, -0.25) is 0 Å². The van der Waals surface area contributed by atoms with E-state index < -0.39 is 0 Å². The molecule has 0 unspecified atom stereocenters. The van der Waals surface area contributed by atoms with E-state index in [1.54, 1.807) is 6.07 Å². The predicted molar refractivity (Wildman–Crippen MR) is 76.0 cm³/mol. The molecule has 4 heteroatoms. The molecule has 1 saturated heterocycles. The number of likely N-dealkylation sites (N-methyl/N-ethyl adjacent to an activating group) is 1. The molecule has 2 heterocycles. The number of benzene rings is 1. The molecule has 1 aromatic heterocycles. The Kier molecular flexibility index (Phi) is 3.34. The quantitative estimate of drug-likeness (QED) is 0.784. The minimum Gasteiger partial charge on any atom is -0.355 e. The number of hydrogen-bond acceptors (Lipinski definition) is 3. The number of aromatic nitrogens is 1. The number of hydrogen-bond donors (Lipinski definition) is 0. The van der Waals surface area contributed by atoms with Crippen molar-refractivity contribution >= 4 is 16.7 Å². The molecule has 0 amide bonds. The second-order valence-corrected chi connectivity index (χ2v) is 5.15. The Bertz CT molecular complexity index is 585. The highest BCUT2D eigenvalue weighted by atomic mass is 19.1. The van der Waals surface area contributed by atoms with Gasteiger partial charge in [0.15, 0.2) is 0 Å². The van der Waals surface area contributed by atoms with Crippen molar-refractivity contribution in [3.8, 4) is 0 Å². The summed E-state index contributed by atoms with van der Waals surface area (Å²) in [6, 6.07) is 8.81. The van der Waals surface area contributed by atoms with E-state index in [2.05, 4.69) is 21.8 Å². The topological polar surface area (TPSA) is 19.4 Å². The molecule has 0 atom stereocenters. The third-order valence-electron chi connectivity index (χ3n) is 3.68. The Hall–Kier alpha value is -1.68. The average molecular weight is 259 g/mol. The molecular weight excluding hydrogens is 241 g/mol. The first-order chi connectivity index (χ1) is 9.22. The Labute approximate surface area is 112 Å². The van der Waals surface area contributed by atoms with Gasteiger partial charge in [-0.05, 0) is 44.3 Å². The zero-order valence-corrected chi connectivity index (χ0v) is 11.1. The fraction of sp³-hybridized carbons (Fsp3) is 0.400. The molecule has 0 bridgehead atoms. The van der Waals surface area contributed by atoms with Gasteiger partial charge in [-0.2, -0.15) is 0 Å². The van der Waals surface area contributed by atoms with Crippen LogP contribution in [0.25, 0.3) is 10.9 Å². The largest absolute Gasteiger partial charge is 0.355 e. The van der Waals surface area contributed by atoms with Crippen LogP contribution < -0.4 is 4.90 Å². The SMILES string of the molecule is CN1CCCN(c2ccc3ccc(F)cc3n2)CC1. The van der Waals surface area contributed by atoms with Crippen molar-refractivity contribution in [1.29, 1.82) is 0 Å². The van der Waals surface area contributed by atoms with Crippen LogP contribution in [-0.2, 0) is 0 Å². The van der Waals surface area contributed by atoms with E-state index in [-0.39, 0.29) is 5.82 Å². The van der Waals surface area contributed by atoms with Crippen LogP contribution in [-0.4, -0.2) is 43.1 Å². The van der Waals surface area contributed by atoms with Crippen molar-refractivity contribution in [2.75, 3.05) is 38.1 Å². The maximum atomic E-state index is 13.3. The van der Waals surface area contributed by atoms with E-state index in [4.69, 9.17) is 0 Å². The highest BCUT2D eigenvalue weighted by molar-refractivity contribution is 5.80. The molecular formula is C15H18FN3. The first kappa shape index (κ1) is 12.4. The number of nitrogens with zero attached hydrogens (tertiary/aromatic N) is 3. The molecule has 3 nitrogen and oxygen atoms in total. The molecule has 1 fully saturated rings. The molecule has 100 valence electrons. The van der Waals surface area contributed by atoms with Crippen LogP contribution in [0.3, 0.4) is 0 Å². The fourth-order valence-corrected chi connectivity index (χ4v) is 2.53. The molecule has 2 aromatic rings. The van der Waals surface area contributed by atoms with E-state index in [0.29, 0.717) is 0 Å². The van der Waals surface area contributed by atoms with Gasteiger partial charge in [0, 0.05) is 31.1 Å². The Morgan fingerprint density at radius 2 is 1.89 bits per heavy atom. The summed E-state index contributed by atoms with van der Waals surface area (Å²) >= 11 is 0. The predicted octanol–water partition coefficient (Wildman–Crippen LogP) is 2.52. The van der Waals surface area contributed by atoms with Gasteiger partial charge in [0.1, 0.15) is 11.6 Å². The first-order valence-corrected chi connectivity index (χ1v) is 6.72. The van der Waals surface area contributed by atoms with Crippen LogP contribution in [0.1, 0.15) is 6.42 Å². The summed E-state index contributed by atoms with van der Waals surface area (Å²) in [7, 11) is 2.15. The Morgan fingerprint density at radius 1 is 1.05 bits per heavy atom. The van der Waals surface area contributed by atoms with E-state index in [9.17, 15) is 4.39 Å². The fourth-order valence-electron chi connectivity index (χ4n) is 2.53. The van der Waals surface area contributed by atoms with Crippen molar-refractivity contribution in [3.63, 3.8) is 0 Å². The highest BCUT2D eigenvalue weighted by Crippen LogP contribution is 2.20. The summed E-state index contributed by atoms with van der Waals surface area (Å²) in [5.41, 5.74) is 0.732. The lowest BCUT2D eigenvalue weighted by Gasteiger charge is -2.21. The van der Waals surface area contributed by atoms with Gasteiger partial charge < -0.3 is 9.80 Å². The van der Waals surface area contributed by atoms with Crippen LogP contribution >= 0.6 is 0 Å². The maximum absolute atomic E-state index is 13.3. The summed E-state index contributed by atoms with van der Waals surface area (Å²) in [5.74, 6) is 0.723. The molecule has 19 heavy (non-hydrogen) atoms. The third-order valence-corrected chi connectivity index (χ3v) is 3.68. The van der Waals surface area contributed by atoms with E-state index >= 15 is 0 Å². The Balaban J connectivity index is 1.91. The molecule has 0 spiro atoms. The summed E-state index contributed by atoms with van der Waals surface area (Å²) in [6.07, 6.45) is 1.14. The molecule has 0 aliphatic carbocycles. The van der Waals surface area contributed by atoms with Gasteiger partial charge in [-0.1, -0.05) is 0 Å². The van der Waals surface area contributed by atoms with Gasteiger partial charge in [0.25, 0.3) is 0 Å². The smallest absolute Gasteiger partial charge is 0.129 e. The molecule has 1 aliphatic heterocycles. The first-order valence-electron chi connectivity index (χ1n) is 6.72. The summed E-state index contributed by atoms with van der Waals surface area (Å²) < 4.78 is 13.3. The summed E-state index contributed by atoms with van der Waals surface area (Å²) in [5, 5.41) is 0.983. The standard InChI is InChI=1S/C15H18FN3/c1-18-7-2-8-19(10-9-18)15-6-4-12-3-5-13(16)11-14(12)17-15/h3-6,11H,2,7-10H2,1H3. The normalized spacial score (nSPS) is 17.7. The average Bonchev–Trinajstić information content (AvgIpc) is 2.63. The monoisotopic (exact) mass is 259 g/mol. The van der Waals surface area contributed by atoms with E-state index in [1.807, 2.05) is 12.1 Å². The van der Waals surface area contributed by atoms with Crippen molar-refractivity contribution in [2.45, 2.75) is 6.42 Å². The van der Waals surface area contributed by atoms with Crippen molar-refractivity contribution in [3.05, 3.63) is 36.1 Å². The van der Waals surface area contributed by atoms with Gasteiger partial charge in [-0.25, -0.2) is 9.37 Å². The van der Waals surface area contributed by atoms with Crippen LogP contribution in [0.4, 0.5) is 10.2 Å². The van der Waals surface area contributed by atoms with Crippen LogP contribution in [0.15, 0.2) is 30.3 Å². The molecule has 1 aliphatic rings. The minimum atomic E-state index is -0.229. The number of halogens is 1. The van der Waals surface area contributed by atoms with Crippen molar-refractivity contribution in [1.82, 2.24) is 9.88 Å². The van der Waals surface area contributed by atoms with Gasteiger partial charge in [-0.15, -0.1) is 0 Å². The van der Waals surface area contributed by atoms with Crippen molar-refractivity contribution in [2.24, 2.45) is 0 Å². The zero-order valence-electron chi connectivity index (χ0n) is 11.1. The molecule has 0 N–H and O–H groups in total. The van der Waals surface area contributed by atoms with Crippen LogP contribution in [0.5, 0.6) is 0 Å². The number of pyridine rings is 1. The molecule has 0 saturated carbocycles. The number of fused-ring (bicyclic) bond motifs is 1. The second kappa shape index (κ2) is 5.13.